The highest BCUT2D eigenvalue weighted by molar-refractivity contribution is 5.92. The zero-order chi connectivity index (χ0) is 31.3. The Labute approximate surface area is 264 Å². The first-order valence-electron chi connectivity index (χ1n) is 15.2. The monoisotopic (exact) mass is 611 g/mol. The first-order chi connectivity index (χ1) is 22.6. The minimum absolute atomic E-state index is 0.144. The lowest BCUT2D eigenvalue weighted by atomic mass is 10.1. The van der Waals surface area contributed by atoms with E-state index in [4.69, 9.17) is 10.1 Å². The van der Waals surface area contributed by atoms with Crippen LogP contribution in [0.3, 0.4) is 0 Å². The van der Waals surface area contributed by atoms with Crippen molar-refractivity contribution in [1.82, 2.24) is 40.3 Å². The van der Waals surface area contributed by atoms with Crippen molar-refractivity contribution in [3.05, 3.63) is 108 Å². The second-order valence-corrected chi connectivity index (χ2v) is 11.1. The number of aromatic amines is 2. The van der Waals surface area contributed by atoms with Crippen LogP contribution in [0.1, 0.15) is 35.7 Å². The van der Waals surface area contributed by atoms with Gasteiger partial charge in [-0.1, -0.05) is 36.4 Å². The Morgan fingerprint density at radius 1 is 0.739 bits per heavy atom. The number of aliphatic hydroxyl groups excluding tert-OH is 1. The van der Waals surface area contributed by atoms with Gasteiger partial charge >= 0.3 is 0 Å². The highest BCUT2D eigenvalue weighted by Crippen LogP contribution is 2.40. The van der Waals surface area contributed by atoms with Crippen molar-refractivity contribution in [3.8, 4) is 0 Å². The summed E-state index contributed by atoms with van der Waals surface area (Å²) >= 11 is 0. The van der Waals surface area contributed by atoms with Gasteiger partial charge in [-0.2, -0.15) is 15.2 Å². The summed E-state index contributed by atoms with van der Waals surface area (Å²) in [7, 11) is 0. The number of H-pyrrole nitrogens is 2. The molecule has 12 heteroatoms. The van der Waals surface area contributed by atoms with Crippen LogP contribution in [0.5, 0.6) is 0 Å². The Kier molecular flexibility index (Phi) is 8.16. The van der Waals surface area contributed by atoms with E-state index in [-0.39, 0.29) is 6.61 Å². The Morgan fingerprint density at radius 2 is 1.43 bits per heavy atom. The first kappa shape index (κ1) is 28.9. The molecular formula is C34H33N11O. The molecule has 0 radical (unpaired) electrons. The van der Waals surface area contributed by atoms with Gasteiger partial charge in [-0.05, 0) is 68.1 Å². The minimum atomic E-state index is 0.144. The molecule has 3 aromatic carbocycles. The smallest absolute Gasteiger partial charge is 0.229 e. The maximum atomic E-state index is 9.06. The van der Waals surface area contributed by atoms with E-state index in [0.717, 1.165) is 56.2 Å². The average molecular weight is 612 g/mol. The fourth-order valence-electron chi connectivity index (χ4n) is 5.07. The lowest BCUT2D eigenvalue weighted by molar-refractivity contribution is 0.299. The highest BCUT2D eigenvalue weighted by Gasteiger charge is 2.25. The van der Waals surface area contributed by atoms with Crippen LogP contribution in [0.4, 0.5) is 34.9 Å². The lowest BCUT2D eigenvalue weighted by Crippen LogP contribution is -2.02. The number of anilines is 6. The van der Waals surface area contributed by atoms with Crippen molar-refractivity contribution in [1.29, 1.82) is 0 Å². The number of aliphatic hydroxyl groups is 1. The van der Waals surface area contributed by atoms with E-state index in [1.807, 2.05) is 85.8 Å². The molecule has 0 saturated heterocycles. The molecule has 8 rings (SSSR count). The fourth-order valence-corrected chi connectivity index (χ4v) is 5.07. The molecule has 0 aliphatic heterocycles. The zero-order valence-corrected chi connectivity index (χ0v) is 25.2. The molecule has 1 aliphatic carbocycles. The quantitative estimate of drug-likeness (QED) is 0.104. The molecule has 4 heterocycles. The summed E-state index contributed by atoms with van der Waals surface area (Å²) in [5, 5.41) is 35.3. The van der Waals surface area contributed by atoms with E-state index in [0.29, 0.717) is 24.1 Å². The van der Waals surface area contributed by atoms with Gasteiger partial charge in [0.2, 0.25) is 5.95 Å². The van der Waals surface area contributed by atoms with Crippen LogP contribution < -0.4 is 16.0 Å². The normalized spacial score (nSPS) is 12.5. The number of hydrogen-bond donors (Lipinski definition) is 6. The van der Waals surface area contributed by atoms with Crippen molar-refractivity contribution < 1.29 is 5.11 Å². The molecular weight excluding hydrogens is 578 g/mol. The summed E-state index contributed by atoms with van der Waals surface area (Å²) in [5.74, 6) is 4.12. The van der Waals surface area contributed by atoms with E-state index in [9.17, 15) is 0 Å². The third-order valence-electron chi connectivity index (χ3n) is 7.57. The van der Waals surface area contributed by atoms with Crippen LogP contribution in [0.25, 0.3) is 21.8 Å². The largest absolute Gasteiger partial charge is 0.396 e. The maximum Gasteiger partial charge on any atom is 0.229 e. The summed E-state index contributed by atoms with van der Waals surface area (Å²) in [6.07, 6.45) is 4.64. The van der Waals surface area contributed by atoms with Gasteiger partial charge in [0.05, 0.1) is 11.0 Å². The third-order valence-corrected chi connectivity index (χ3v) is 7.57. The average Bonchev–Trinajstić information content (AvgIpc) is 3.69. The fraction of sp³-hybridized carbons (Fsp3) is 0.176. The van der Waals surface area contributed by atoms with Crippen LogP contribution in [0.15, 0.2) is 91.3 Å². The molecule has 0 spiro atoms. The van der Waals surface area contributed by atoms with Crippen molar-refractivity contribution in [2.24, 2.45) is 0 Å². The van der Waals surface area contributed by atoms with Crippen LogP contribution in [0, 0.1) is 6.92 Å². The SMILES string of the molecule is Cc1cc(Nc2ncnc3ccccc23)n[nH]1.OCCc1ccc(Nc2nc(Nc3cc(C4CC4)[nH]n3)c3ccccc3n2)cc1. The number of rotatable bonds is 9. The van der Waals surface area contributed by atoms with E-state index in [2.05, 4.69) is 57.4 Å². The van der Waals surface area contributed by atoms with Gasteiger partial charge in [-0.25, -0.2) is 15.0 Å². The standard InChI is InChI=1S/C22H22N6O.C12H11N5/c29-12-11-14-5-9-16(10-6-14)23-22-24-18-4-2-1-3-17(18)21(26-22)25-20-13-19(27-28-20)15-7-8-15;1-8-6-11(17-16-8)15-12-9-4-2-3-5-10(9)13-7-14-12/h1-6,9-10,13,15,29H,7-8,11-12H2,(H3,23,24,25,26,27,28);2-7H,1H3,(H2,13,14,15,16,17). The molecule has 1 fully saturated rings. The number of para-hydroxylation sites is 2. The molecule has 46 heavy (non-hydrogen) atoms. The molecule has 0 unspecified atom stereocenters. The van der Waals surface area contributed by atoms with Crippen molar-refractivity contribution in [2.45, 2.75) is 32.1 Å². The number of benzene rings is 3. The minimum Gasteiger partial charge on any atom is -0.396 e. The number of nitrogens with zero attached hydrogens (tertiary/aromatic N) is 6. The Balaban J connectivity index is 0.000000169. The summed E-state index contributed by atoms with van der Waals surface area (Å²) in [6, 6.07) is 27.7. The van der Waals surface area contributed by atoms with Crippen molar-refractivity contribution >= 4 is 56.7 Å². The van der Waals surface area contributed by atoms with Crippen LogP contribution in [-0.4, -0.2) is 52.0 Å². The Morgan fingerprint density at radius 3 is 2.17 bits per heavy atom. The van der Waals surface area contributed by atoms with Crippen LogP contribution in [0.2, 0.25) is 0 Å². The first-order valence-corrected chi connectivity index (χ1v) is 15.2. The van der Waals surface area contributed by atoms with E-state index in [1.54, 1.807) is 6.33 Å². The Bertz CT molecular complexity index is 2080. The van der Waals surface area contributed by atoms with Gasteiger partial charge in [0.1, 0.15) is 18.0 Å². The summed E-state index contributed by atoms with van der Waals surface area (Å²) in [6.45, 7) is 2.10. The number of aromatic nitrogens is 8. The molecule has 1 saturated carbocycles. The van der Waals surface area contributed by atoms with Gasteiger partial charge in [-0.15, -0.1) is 0 Å². The predicted molar refractivity (Wildman–Crippen MR) is 180 cm³/mol. The lowest BCUT2D eigenvalue weighted by Gasteiger charge is -2.11. The van der Waals surface area contributed by atoms with Crippen molar-refractivity contribution in [2.75, 3.05) is 22.6 Å². The second kappa shape index (κ2) is 13.0. The highest BCUT2D eigenvalue weighted by atomic mass is 16.2. The van der Waals surface area contributed by atoms with E-state index in [1.165, 1.54) is 18.5 Å². The van der Waals surface area contributed by atoms with Gasteiger partial charge in [0.15, 0.2) is 11.6 Å². The number of aryl methyl sites for hydroxylation is 1. The van der Waals surface area contributed by atoms with Gasteiger partial charge in [0, 0.05) is 52.5 Å². The van der Waals surface area contributed by atoms with Gasteiger partial charge in [-0.3, -0.25) is 10.2 Å². The van der Waals surface area contributed by atoms with Gasteiger partial charge in [0.25, 0.3) is 0 Å². The molecule has 0 amide bonds. The number of hydrogen-bond acceptors (Lipinski definition) is 10. The molecule has 12 nitrogen and oxygen atoms in total. The molecule has 230 valence electrons. The maximum absolute atomic E-state index is 9.06. The van der Waals surface area contributed by atoms with E-state index >= 15 is 0 Å². The van der Waals surface area contributed by atoms with Gasteiger partial charge < -0.3 is 21.1 Å². The van der Waals surface area contributed by atoms with Crippen molar-refractivity contribution in [3.63, 3.8) is 0 Å². The molecule has 7 aromatic rings. The topological polar surface area (TPSA) is 165 Å². The summed E-state index contributed by atoms with van der Waals surface area (Å²) < 4.78 is 0. The Hall–Kier alpha value is -5.88. The molecule has 0 atom stereocenters. The molecule has 0 bridgehead atoms. The number of nitrogens with one attached hydrogen (secondary N) is 5. The van der Waals surface area contributed by atoms with Crippen LogP contribution >= 0.6 is 0 Å². The summed E-state index contributed by atoms with van der Waals surface area (Å²) in [5.41, 5.74) is 5.92. The second-order valence-electron chi connectivity index (χ2n) is 11.1. The summed E-state index contributed by atoms with van der Waals surface area (Å²) in [4.78, 5) is 17.8. The van der Waals surface area contributed by atoms with E-state index < -0.39 is 0 Å². The molecule has 6 N–H and O–H groups in total. The molecule has 4 aromatic heterocycles. The zero-order valence-electron chi connectivity index (χ0n) is 25.2. The number of fused-ring (bicyclic) bond motifs is 2. The molecule has 1 aliphatic rings. The third kappa shape index (κ3) is 6.76. The predicted octanol–water partition coefficient (Wildman–Crippen LogP) is 6.66. The van der Waals surface area contributed by atoms with Crippen LogP contribution in [-0.2, 0) is 6.42 Å².